The van der Waals surface area contributed by atoms with Crippen molar-refractivity contribution in [2.45, 2.75) is 19.5 Å². The van der Waals surface area contributed by atoms with Gasteiger partial charge in [0.05, 0.1) is 12.2 Å². The van der Waals surface area contributed by atoms with Gasteiger partial charge in [0, 0.05) is 25.4 Å². The summed E-state index contributed by atoms with van der Waals surface area (Å²) >= 11 is 0. The maximum absolute atomic E-state index is 12.7. The summed E-state index contributed by atoms with van der Waals surface area (Å²) in [6.07, 6.45) is -4.18. The third kappa shape index (κ3) is 5.19. The average Bonchev–Trinajstić information content (AvgIpc) is 2.44. The van der Waals surface area contributed by atoms with Crippen LogP contribution < -0.4 is 5.32 Å². The maximum Gasteiger partial charge on any atom is 0.416 e. The number of rotatable bonds is 6. The molecule has 0 spiro atoms. The Balaban J connectivity index is 2.89. The molecular weight excluding hydrogens is 301 g/mol. The zero-order chi connectivity index (χ0) is 16.8. The molecule has 124 valence electrons. The van der Waals surface area contributed by atoms with Crippen LogP contribution in [0.25, 0.3) is 0 Å². The van der Waals surface area contributed by atoms with Crippen molar-refractivity contribution in [2.24, 2.45) is 0 Å². The van der Waals surface area contributed by atoms with Gasteiger partial charge in [0.2, 0.25) is 0 Å². The molecule has 0 aliphatic rings. The summed E-state index contributed by atoms with van der Waals surface area (Å²) in [5.41, 5.74) is -0.295. The highest BCUT2D eigenvalue weighted by Gasteiger charge is 2.31. The van der Waals surface area contributed by atoms with E-state index in [2.05, 4.69) is 5.32 Å². The number of halogens is 3. The van der Waals surface area contributed by atoms with Crippen LogP contribution in [0.5, 0.6) is 0 Å². The van der Waals surface area contributed by atoms with Gasteiger partial charge in [0.1, 0.15) is 0 Å². The molecule has 0 fully saturated rings. The van der Waals surface area contributed by atoms with E-state index < -0.39 is 17.8 Å². The molecule has 0 atom stereocenters. The lowest BCUT2D eigenvalue weighted by atomic mass is 10.1. The molecule has 2 amide bonds. The van der Waals surface area contributed by atoms with Gasteiger partial charge in [0.15, 0.2) is 0 Å². The summed E-state index contributed by atoms with van der Waals surface area (Å²) in [7, 11) is 0. The summed E-state index contributed by atoms with van der Waals surface area (Å²) in [4.78, 5) is 13.3. The van der Waals surface area contributed by atoms with Crippen molar-refractivity contribution in [1.29, 1.82) is 0 Å². The Morgan fingerprint density at radius 3 is 2.45 bits per heavy atom. The summed E-state index contributed by atoms with van der Waals surface area (Å²) in [5, 5.41) is 20.1. The van der Waals surface area contributed by atoms with Crippen LogP contribution in [-0.4, -0.2) is 47.4 Å². The van der Waals surface area contributed by atoms with E-state index in [1.54, 1.807) is 6.92 Å². The van der Waals surface area contributed by atoms with E-state index in [-0.39, 0.29) is 32.0 Å². The van der Waals surface area contributed by atoms with E-state index in [4.69, 9.17) is 10.2 Å². The largest absolute Gasteiger partial charge is 0.416 e. The SMILES string of the molecule is Cc1ccc(C(F)(F)F)cc1NC(=O)N(CCO)CCCO. The summed E-state index contributed by atoms with van der Waals surface area (Å²) in [5.74, 6) is 0. The number of hydrogen-bond acceptors (Lipinski definition) is 3. The Kier molecular flexibility index (Phi) is 6.63. The van der Waals surface area contributed by atoms with Gasteiger partial charge < -0.3 is 20.4 Å². The Morgan fingerprint density at radius 1 is 1.23 bits per heavy atom. The van der Waals surface area contributed by atoms with Crippen molar-refractivity contribution >= 4 is 11.7 Å². The van der Waals surface area contributed by atoms with E-state index in [0.717, 1.165) is 12.1 Å². The Hall–Kier alpha value is -1.80. The number of carbonyl (C=O) groups is 1. The van der Waals surface area contributed by atoms with Gasteiger partial charge in [-0.2, -0.15) is 13.2 Å². The van der Waals surface area contributed by atoms with E-state index in [1.807, 2.05) is 0 Å². The predicted molar refractivity (Wildman–Crippen MR) is 75.6 cm³/mol. The Labute approximate surface area is 126 Å². The first kappa shape index (κ1) is 18.2. The average molecular weight is 320 g/mol. The van der Waals surface area contributed by atoms with E-state index in [1.165, 1.54) is 11.0 Å². The number of alkyl halides is 3. The number of aryl methyl sites for hydroxylation is 1. The van der Waals surface area contributed by atoms with Crippen molar-refractivity contribution in [3.05, 3.63) is 29.3 Å². The fourth-order valence-electron chi connectivity index (χ4n) is 1.82. The molecule has 8 heteroatoms. The first-order chi connectivity index (χ1) is 10.3. The zero-order valence-corrected chi connectivity index (χ0v) is 12.2. The third-order valence-electron chi connectivity index (χ3n) is 3.05. The van der Waals surface area contributed by atoms with Crippen molar-refractivity contribution in [3.8, 4) is 0 Å². The normalized spacial score (nSPS) is 11.4. The first-order valence-corrected chi connectivity index (χ1v) is 6.75. The second-order valence-electron chi connectivity index (χ2n) is 4.75. The van der Waals surface area contributed by atoms with Gasteiger partial charge in [-0.25, -0.2) is 4.79 Å². The van der Waals surface area contributed by atoms with Crippen LogP contribution in [0.4, 0.5) is 23.7 Å². The van der Waals surface area contributed by atoms with Crippen molar-refractivity contribution in [1.82, 2.24) is 4.90 Å². The number of anilines is 1. The molecule has 1 aromatic carbocycles. The van der Waals surface area contributed by atoms with Gasteiger partial charge in [-0.3, -0.25) is 0 Å². The number of urea groups is 1. The van der Waals surface area contributed by atoms with Gasteiger partial charge in [-0.1, -0.05) is 6.07 Å². The molecule has 1 aromatic rings. The molecule has 3 N–H and O–H groups in total. The van der Waals surface area contributed by atoms with Crippen molar-refractivity contribution < 1.29 is 28.2 Å². The standard InChI is InChI=1S/C14H19F3N2O3/c1-10-3-4-11(14(15,16)17)9-12(10)18-13(22)19(6-8-21)5-2-7-20/h3-4,9,20-21H,2,5-8H2,1H3,(H,18,22). The predicted octanol–water partition coefficient (Wildman–Crippen LogP) is 2.22. The monoisotopic (exact) mass is 320 g/mol. The quantitative estimate of drug-likeness (QED) is 0.752. The number of nitrogens with one attached hydrogen (secondary N) is 1. The molecule has 0 radical (unpaired) electrons. The molecule has 0 aliphatic heterocycles. The van der Waals surface area contributed by atoms with Gasteiger partial charge in [-0.05, 0) is 31.0 Å². The van der Waals surface area contributed by atoms with E-state index in [0.29, 0.717) is 12.0 Å². The van der Waals surface area contributed by atoms with Crippen molar-refractivity contribution in [3.63, 3.8) is 0 Å². The number of carbonyl (C=O) groups excluding carboxylic acids is 1. The highest BCUT2D eigenvalue weighted by molar-refractivity contribution is 5.90. The van der Waals surface area contributed by atoms with Crippen LogP contribution >= 0.6 is 0 Å². The highest BCUT2D eigenvalue weighted by atomic mass is 19.4. The molecule has 0 aromatic heterocycles. The number of aliphatic hydroxyl groups is 2. The topological polar surface area (TPSA) is 72.8 Å². The van der Waals surface area contributed by atoms with Crippen LogP contribution in [0.2, 0.25) is 0 Å². The number of benzene rings is 1. The second kappa shape index (κ2) is 8.00. The molecule has 0 bridgehead atoms. The molecule has 0 saturated heterocycles. The van der Waals surface area contributed by atoms with E-state index in [9.17, 15) is 18.0 Å². The number of aliphatic hydroxyl groups excluding tert-OH is 2. The van der Waals surface area contributed by atoms with Gasteiger partial charge >= 0.3 is 12.2 Å². The Morgan fingerprint density at radius 2 is 1.91 bits per heavy atom. The molecule has 1 rings (SSSR count). The smallest absolute Gasteiger partial charge is 0.396 e. The molecule has 22 heavy (non-hydrogen) atoms. The van der Waals surface area contributed by atoms with Crippen LogP contribution in [0, 0.1) is 6.92 Å². The molecule has 0 saturated carbocycles. The first-order valence-electron chi connectivity index (χ1n) is 6.75. The third-order valence-corrected chi connectivity index (χ3v) is 3.05. The van der Waals surface area contributed by atoms with E-state index >= 15 is 0 Å². The second-order valence-corrected chi connectivity index (χ2v) is 4.75. The minimum absolute atomic E-state index is 0.0316. The van der Waals surface area contributed by atoms with Gasteiger partial charge in [0.25, 0.3) is 0 Å². The maximum atomic E-state index is 12.7. The Bertz CT molecular complexity index is 507. The van der Waals surface area contributed by atoms with Crippen molar-refractivity contribution in [2.75, 3.05) is 31.6 Å². The number of nitrogens with zero attached hydrogens (tertiary/aromatic N) is 1. The fraction of sp³-hybridized carbons (Fsp3) is 0.500. The fourth-order valence-corrected chi connectivity index (χ4v) is 1.82. The van der Waals surface area contributed by atoms with Crippen LogP contribution in [0.1, 0.15) is 17.5 Å². The number of amides is 2. The lowest BCUT2D eigenvalue weighted by Gasteiger charge is -2.22. The van der Waals surface area contributed by atoms with Crippen LogP contribution in [0.3, 0.4) is 0 Å². The number of hydrogen-bond donors (Lipinski definition) is 3. The van der Waals surface area contributed by atoms with Crippen LogP contribution in [-0.2, 0) is 6.18 Å². The summed E-state index contributed by atoms with van der Waals surface area (Å²) < 4.78 is 38.1. The van der Waals surface area contributed by atoms with Crippen LogP contribution in [0.15, 0.2) is 18.2 Å². The molecule has 0 unspecified atom stereocenters. The molecular formula is C14H19F3N2O3. The zero-order valence-electron chi connectivity index (χ0n) is 12.2. The summed E-state index contributed by atoms with van der Waals surface area (Å²) in [6, 6.07) is 2.48. The van der Waals surface area contributed by atoms with Gasteiger partial charge in [-0.15, -0.1) is 0 Å². The minimum atomic E-state index is -4.49. The lowest BCUT2D eigenvalue weighted by molar-refractivity contribution is -0.137. The molecule has 5 nitrogen and oxygen atoms in total. The molecule has 0 heterocycles. The highest BCUT2D eigenvalue weighted by Crippen LogP contribution is 2.32. The summed E-state index contributed by atoms with van der Waals surface area (Å²) in [6.45, 7) is 1.41. The lowest BCUT2D eigenvalue weighted by Crippen LogP contribution is -2.38. The molecule has 0 aliphatic carbocycles. The minimum Gasteiger partial charge on any atom is -0.396 e.